The standard InChI is InChI=1S/C10H19NO2/c1-4-5-6-7-11(3)10(13)9(2)8-12/h12H,2,4-8H2,1,3H3. The summed E-state index contributed by atoms with van der Waals surface area (Å²) < 4.78 is 0. The highest BCUT2D eigenvalue weighted by Gasteiger charge is 2.10. The lowest BCUT2D eigenvalue weighted by Gasteiger charge is -2.17. The van der Waals surface area contributed by atoms with Gasteiger partial charge < -0.3 is 10.0 Å². The summed E-state index contributed by atoms with van der Waals surface area (Å²) in [7, 11) is 1.73. The lowest BCUT2D eigenvalue weighted by Crippen LogP contribution is -2.29. The van der Waals surface area contributed by atoms with Crippen molar-refractivity contribution in [1.82, 2.24) is 4.90 Å². The minimum atomic E-state index is -0.253. The molecule has 0 atom stereocenters. The van der Waals surface area contributed by atoms with Crippen molar-refractivity contribution < 1.29 is 9.90 Å². The first kappa shape index (κ1) is 12.2. The predicted molar refractivity (Wildman–Crippen MR) is 53.4 cm³/mol. The van der Waals surface area contributed by atoms with E-state index in [9.17, 15) is 4.79 Å². The molecule has 0 bridgehead atoms. The van der Waals surface area contributed by atoms with Crippen LogP contribution in [0.1, 0.15) is 26.2 Å². The second kappa shape index (κ2) is 6.66. The molecule has 1 N–H and O–H groups in total. The highest BCUT2D eigenvalue weighted by molar-refractivity contribution is 5.92. The Bertz CT molecular complexity index is 178. The molecule has 0 fully saturated rings. The second-order valence-corrected chi connectivity index (χ2v) is 3.20. The first-order chi connectivity index (χ1) is 6.13. The molecule has 0 aliphatic carbocycles. The Morgan fingerprint density at radius 1 is 1.46 bits per heavy atom. The number of aliphatic hydroxyl groups is 1. The summed E-state index contributed by atoms with van der Waals surface area (Å²) >= 11 is 0. The summed E-state index contributed by atoms with van der Waals surface area (Å²) in [5.41, 5.74) is 0.263. The molecule has 0 saturated heterocycles. The fraction of sp³-hybridized carbons (Fsp3) is 0.700. The highest BCUT2D eigenvalue weighted by atomic mass is 16.3. The SMILES string of the molecule is C=C(CO)C(=O)N(C)CCCCC. The third kappa shape index (κ3) is 4.68. The van der Waals surface area contributed by atoms with E-state index in [0.29, 0.717) is 0 Å². The Labute approximate surface area is 80.0 Å². The first-order valence-corrected chi connectivity index (χ1v) is 4.67. The maximum absolute atomic E-state index is 11.3. The van der Waals surface area contributed by atoms with Gasteiger partial charge in [-0.15, -0.1) is 0 Å². The Balaban J connectivity index is 3.76. The molecule has 0 aromatic rings. The Morgan fingerprint density at radius 3 is 2.54 bits per heavy atom. The molecule has 0 aromatic heterocycles. The number of hydrogen-bond donors (Lipinski definition) is 1. The fourth-order valence-electron chi connectivity index (χ4n) is 1.04. The fourth-order valence-corrected chi connectivity index (χ4v) is 1.04. The van der Waals surface area contributed by atoms with E-state index < -0.39 is 0 Å². The first-order valence-electron chi connectivity index (χ1n) is 4.67. The normalized spacial score (nSPS) is 9.77. The van der Waals surface area contributed by atoms with Crippen molar-refractivity contribution in [3.63, 3.8) is 0 Å². The summed E-state index contributed by atoms with van der Waals surface area (Å²) in [5.74, 6) is -0.154. The summed E-state index contributed by atoms with van der Waals surface area (Å²) in [5, 5.41) is 8.68. The van der Waals surface area contributed by atoms with E-state index in [1.165, 1.54) is 0 Å². The van der Waals surface area contributed by atoms with Gasteiger partial charge in [0.25, 0.3) is 5.91 Å². The van der Waals surface area contributed by atoms with Gasteiger partial charge in [0.05, 0.1) is 6.61 Å². The van der Waals surface area contributed by atoms with Crippen molar-refractivity contribution in [2.75, 3.05) is 20.2 Å². The number of carbonyl (C=O) groups excluding carboxylic acids is 1. The van der Waals surface area contributed by atoms with Crippen molar-refractivity contribution >= 4 is 5.91 Å². The molecule has 0 unspecified atom stereocenters. The topological polar surface area (TPSA) is 40.5 Å². The number of hydrogen-bond acceptors (Lipinski definition) is 2. The van der Waals surface area contributed by atoms with Gasteiger partial charge in [0.2, 0.25) is 0 Å². The van der Waals surface area contributed by atoms with E-state index in [4.69, 9.17) is 5.11 Å². The van der Waals surface area contributed by atoms with Crippen LogP contribution in [0.4, 0.5) is 0 Å². The van der Waals surface area contributed by atoms with Crippen LogP contribution in [0.3, 0.4) is 0 Å². The Hall–Kier alpha value is -0.830. The zero-order valence-corrected chi connectivity index (χ0v) is 8.55. The summed E-state index contributed by atoms with van der Waals surface area (Å²) in [6.07, 6.45) is 3.28. The Morgan fingerprint density at radius 2 is 2.08 bits per heavy atom. The summed E-state index contributed by atoms with van der Waals surface area (Å²) in [6, 6.07) is 0. The van der Waals surface area contributed by atoms with Crippen molar-refractivity contribution in [2.24, 2.45) is 0 Å². The van der Waals surface area contributed by atoms with Gasteiger partial charge in [-0.25, -0.2) is 0 Å². The van der Waals surface area contributed by atoms with E-state index in [1.54, 1.807) is 11.9 Å². The van der Waals surface area contributed by atoms with Gasteiger partial charge in [0, 0.05) is 19.2 Å². The zero-order chi connectivity index (χ0) is 10.3. The number of unbranched alkanes of at least 4 members (excludes halogenated alkanes) is 2. The largest absolute Gasteiger partial charge is 0.391 e. The highest BCUT2D eigenvalue weighted by Crippen LogP contribution is 2.00. The molecular weight excluding hydrogens is 166 g/mol. The minimum Gasteiger partial charge on any atom is -0.391 e. The lowest BCUT2D eigenvalue weighted by molar-refractivity contribution is -0.126. The number of amides is 1. The monoisotopic (exact) mass is 185 g/mol. The second-order valence-electron chi connectivity index (χ2n) is 3.20. The number of rotatable bonds is 6. The number of carbonyl (C=O) groups is 1. The molecule has 3 heteroatoms. The summed E-state index contributed by atoms with van der Waals surface area (Å²) in [4.78, 5) is 12.9. The van der Waals surface area contributed by atoms with Gasteiger partial charge in [-0.1, -0.05) is 26.3 Å². The third-order valence-corrected chi connectivity index (χ3v) is 1.94. The van der Waals surface area contributed by atoms with E-state index in [1.807, 2.05) is 0 Å². The third-order valence-electron chi connectivity index (χ3n) is 1.94. The predicted octanol–water partition coefficient (Wildman–Crippen LogP) is 1.18. The van der Waals surface area contributed by atoms with Crippen LogP contribution in [0, 0.1) is 0 Å². The molecule has 0 aliphatic heterocycles. The smallest absolute Gasteiger partial charge is 0.251 e. The van der Waals surface area contributed by atoms with Gasteiger partial charge in [-0.3, -0.25) is 4.79 Å². The van der Waals surface area contributed by atoms with Gasteiger partial charge in [0.15, 0.2) is 0 Å². The molecule has 0 spiro atoms. The number of likely N-dealkylation sites (N-methyl/N-ethyl adjacent to an activating group) is 1. The van der Waals surface area contributed by atoms with Crippen LogP contribution < -0.4 is 0 Å². The lowest BCUT2D eigenvalue weighted by atomic mass is 10.2. The Kier molecular flexibility index (Phi) is 6.24. The van der Waals surface area contributed by atoms with Crippen molar-refractivity contribution in [2.45, 2.75) is 26.2 Å². The van der Waals surface area contributed by atoms with Crippen LogP contribution in [-0.2, 0) is 4.79 Å². The molecule has 13 heavy (non-hydrogen) atoms. The van der Waals surface area contributed by atoms with Gasteiger partial charge in [-0.05, 0) is 6.42 Å². The van der Waals surface area contributed by atoms with Gasteiger partial charge >= 0.3 is 0 Å². The van der Waals surface area contributed by atoms with Crippen LogP contribution in [-0.4, -0.2) is 36.1 Å². The molecule has 3 nitrogen and oxygen atoms in total. The van der Waals surface area contributed by atoms with E-state index in [0.717, 1.165) is 25.8 Å². The number of nitrogens with zero attached hydrogens (tertiary/aromatic N) is 1. The van der Waals surface area contributed by atoms with E-state index in [-0.39, 0.29) is 18.1 Å². The van der Waals surface area contributed by atoms with Crippen molar-refractivity contribution in [3.8, 4) is 0 Å². The van der Waals surface area contributed by atoms with Crippen LogP contribution in [0.15, 0.2) is 12.2 Å². The molecule has 0 aliphatic rings. The van der Waals surface area contributed by atoms with Gasteiger partial charge in [-0.2, -0.15) is 0 Å². The van der Waals surface area contributed by atoms with E-state index >= 15 is 0 Å². The molecule has 0 saturated carbocycles. The van der Waals surface area contributed by atoms with E-state index in [2.05, 4.69) is 13.5 Å². The molecular formula is C10H19NO2. The van der Waals surface area contributed by atoms with Crippen molar-refractivity contribution in [1.29, 1.82) is 0 Å². The molecule has 76 valence electrons. The summed E-state index contributed by atoms with van der Waals surface area (Å²) in [6.45, 7) is 6.09. The maximum Gasteiger partial charge on any atom is 0.251 e. The molecule has 1 amide bonds. The van der Waals surface area contributed by atoms with Crippen LogP contribution >= 0.6 is 0 Å². The minimum absolute atomic E-state index is 0.154. The average molecular weight is 185 g/mol. The van der Waals surface area contributed by atoms with Crippen LogP contribution in [0.25, 0.3) is 0 Å². The molecule has 0 radical (unpaired) electrons. The average Bonchev–Trinajstić information content (AvgIpc) is 2.15. The van der Waals surface area contributed by atoms with Gasteiger partial charge in [0.1, 0.15) is 0 Å². The maximum atomic E-state index is 11.3. The molecule has 0 rings (SSSR count). The van der Waals surface area contributed by atoms with Crippen LogP contribution in [0.5, 0.6) is 0 Å². The van der Waals surface area contributed by atoms with Crippen molar-refractivity contribution in [3.05, 3.63) is 12.2 Å². The quantitative estimate of drug-likeness (QED) is 0.498. The number of aliphatic hydroxyl groups excluding tert-OH is 1. The zero-order valence-electron chi connectivity index (χ0n) is 8.55. The molecule has 0 heterocycles. The molecule has 0 aromatic carbocycles. The van der Waals surface area contributed by atoms with Crippen LogP contribution in [0.2, 0.25) is 0 Å².